The van der Waals surface area contributed by atoms with Crippen LogP contribution in [0, 0.1) is 0 Å². The Labute approximate surface area is 116 Å². The van der Waals surface area contributed by atoms with Crippen LogP contribution in [0.3, 0.4) is 0 Å². The van der Waals surface area contributed by atoms with E-state index in [-0.39, 0.29) is 11.2 Å². The van der Waals surface area contributed by atoms with Crippen LogP contribution < -0.4 is 0 Å². The molecule has 0 N–H and O–H groups in total. The third-order valence-electron chi connectivity index (χ3n) is 3.16. The highest BCUT2D eigenvalue weighted by molar-refractivity contribution is 4.74. The molecular formula is C14H27N3O2. The summed E-state index contributed by atoms with van der Waals surface area (Å²) >= 11 is 0. The second-order valence-corrected chi connectivity index (χ2v) is 6.03. The molecule has 5 nitrogen and oxygen atoms in total. The molecule has 1 rings (SSSR count). The normalized spacial score (nSPS) is 15.4. The number of aromatic nitrogens is 3. The molecule has 0 aliphatic rings. The van der Waals surface area contributed by atoms with Gasteiger partial charge in [0.2, 0.25) is 0 Å². The van der Waals surface area contributed by atoms with Gasteiger partial charge in [-0.15, -0.1) is 5.10 Å². The Balaban J connectivity index is 2.29. The van der Waals surface area contributed by atoms with E-state index in [0.717, 1.165) is 26.0 Å². The van der Waals surface area contributed by atoms with Gasteiger partial charge in [0.25, 0.3) is 0 Å². The molecule has 110 valence electrons. The molecule has 0 aromatic carbocycles. The van der Waals surface area contributed by atoms with E-state index in [1.165, 1.54) is 0 Å². The van der Waals surface area contributed by atoms with E-state index in [0.29, 0.717) is 6.61 Å². The highest BCUT2D eigenvalue weighted by atomic mass is 16.5. The lowest BCUT2D eigenvalue weighted by Crippen LogP contribution is -2.32. The van der Waals surface area contributed by atoms with Gasteiger partial charge < -0.3 is 9.47 Å². The van der Waals surface area contributed by atoms with Gasteiger partial charge in [-0.05, 0) is 40.5 Å². The Morgan fingerprint density at radius 2 is 1.84 bits per heavy atom. The first kappa shape index (κ1) is 16.1. The predicted molar refractivity (Wildman–Crippen MR) is 75.0 cm³/mol. The van der Waals surface area contributed by atoms with Crippen LogP contribution in [-0.4, -0.2) is 39.4 Å². The maximum atomic E-state index is 6.00. The third-order valence-corrected chi connectivity index (χ3v) is 3.16. The van der Waals surface area contributed by atoms with Crippen molar-refractivity contribution in [2.45, 2.75) is 65.2 Å². The first-order chi connectivity index (χ1) is 8.85. The molecule has 1 aromatic rings. The van der Waals surface area contributed by atoms with Crippen molar-refractivity contribution in [3.05, 3.63) is 12.4 Å². The summed E-state index contributed by atoms with van der Waals surface area (Å²) < 4.78 is 13.5. The Morgan fingerprint density at radius 3 is 2.37 bits per heavy atom. The zero-order valence-corrected chi connectivity index (χ0v) is 12.8. The van der Waals surface area contributed by atoms with Crippen LogP contribution in [0.1, 0.15) is 47.5 Å². The number of nitrogens with zero attached hydrogens (tertiary/aromatic N) is 3. The van der Waals surface area contributed by atoms with Gasteiger partial charge in [0.15, 0.2) is 0 Å². The molecular weight excluding hydrogens is 242 g/mol. The molecule has 0 saturated carbocycles. The molecule has 0 aliphatic heterocycles. The number of rotatable bonds is 8. The highest BCUT2D eigenvalue weighted by Crippen LogP contribution is 2.21. The summed E-state index contributed by atoms with van der Waals surface area (Å²) in [5, 5.41) is 7.69. The van der Waals surface area contributed by atoms with Gasteiger partial charge in [-0.25, -0.2) is 0 Å². The van der Waals surface area contributed by atoms with Crippen LogP contribution in [0.4, 0.5) is 0 Å². The summed E-state index contributed by atoms with van der Waals surface area (Å²) in [7, 11) is 0. The summed E-state index contributed by atoms with van der Waals surface area (Å²) in [6, 6.07) is 0. The van der Waals surface area contributed by atoms with E-state index < -0.39 is 0 Å². The predicted octanol–water partition coefficient (Wildman–Crippen LogP) is 2.67. The van der Waals surface area contributed by atoms with Gasteiger partial charge in [-0.3, -0.25) is 4.68 Å². The third kappa shape index (κ3) is 6.68. The number of ether oxygens (including phenoxy) is 2. The lowest BCUT2D eigenvalue weighted by molar-refractivity contribution is -0.0794. The van der Waals surface area contributed by atoms with Crippen molar-refractivity contribution >= 4 is 0 Å². The van der Waals surface area contributed by atoms with E-state index in [9.17, 15) is 0 Å². The lowest BCUT2D eigenvalue weighted by Gasteiger charge is -2.30. The van der Waals surface area contributed by atoms with Crippen molar-refractivity contribution in [3.63, 3.8) is 0 Å². The molecule has 0 saturated heterocycles. The van der Waals surface area contributed by atoms with Crippen molar-refractivity contribution in [2.24, 2.45) is 0 Å². The lowest BCUT2D eigenvalue weighted by atomic mass is 9.99. The van der Waals surface area contributed by atoms with E-state index >= 15 is 0 Å². The summed E-state index contributed by atoms with van der Waals surface area (Å²) in [6.45, 7) is 12.6. The minimum atomic E-state index is -0.133. The monoisotopic (exact) mass is 269 g/mol. The summed E-state index contributed by atoms with van der Waals surface area (Å²) in [4.78, 5) is 0. The van der Waals surface area contributed by atoms with Crippen LogP contribution in [-0.2, 0) is 16.0 Å². The molecule has 19 heavy (non-hydrogen) atoms. The first-order valence-electron chi connectivity index (χ1n) is 6.97. The summed E-state index contributed by atoms with van der Waals surface area (Å²) in [5.74, 6) is 0. The highest BCUT2D eigenvalue weighted by Gasteiger charge is 2.23. The molecule has 0 spiro atoms. The van der Waals surface area contributed by atoms with Crippen molar-refractivity contribution < 1.29 is 9.47 Å². The molecule has 0 bridgehead atoms. The SMILES string of the molecule is CCC(C)(CCOC(C)(C)C)OCCn1ccnn1. The average molecular weight is 269 g/mol. The average Bonchev–Trinajstić information content (AvgIpc) is 2.80. The van der Waals surface area contributed by atoms with Gasteiger partial charge >= 0.3 is 0 Å². The van der Waals surface area contributed by atoms with Crippen LogP contribution in [0.5, 0.6) is 0 Å². The van der Waals surface area contributed by atoms with E-state index in [1.807, 2.05) is 6.20 Å². The van der Waals surface area contributed by atoms with Gasteiger partial charge in [-0.1, -0.05) is 12.1 Å². The topological polar surface area (TPSA) is 49.2 Å². The second-order valence-electron chi connectivity index (χ2n) is 6.03. The van der Waals surface area contributed by atoms with E-state index in [1.54, 1.807) is 10.9 Å². The van der Waals surface area contributed by atoms with Gasteiger partial charge in [0, 0.05) is 6.20 Å². The molecule has 1 unspecified atom stereocenters. The fourth-order valence-corrected chi connectivity index (χ4v) is 1.66. The quantitative estimate of drug-likeness (QED) is 0.728. The second kappa shape index (κ2) is 7.01. The standard InChI is InChI=1S/C14H27N3O2/c1-6-14(5,7-11-18-13(2,3)4)19-12-10-17-9-8-15-16-17/h8-9H,6-7,10-12H2,1-5H3. The maximum absolute atomic E-state index is 6.00. The molecule has 1 heterocycles. The largest absolute Gasteiger partial charge is 0.376 e. The first-order valence-corrected chi connectivity index (χ1v) is 6.97. The van der Waals surface area contributed by atoms with Crippen molar-refractivity contribution in [1.29, 1.82) is 0 Å². The Hall–Kier alpha value is -0.940. The smallest absolute Gasteiger partial charge is 0.0692 e. The molecule has 5 heteroatoms. The molecule has 0 radical (unpaired) electrons. The van der Waals surface area contributed by atoms with Gasteiger partial charge in [0.05, 0.1) is 37.2 Å². The molecule has 1 aromatic heterocycles. The Bertz CT molecular complexity index is 346. The van der Waals surface area contributed by atoms with Crippen molar-refractivity contribution in [3.8, 4) is 0 Å². The zero-order valence-electron chi connectivity index (χ0n) is 12.8. The fourth-order valence-electron chi connectivity index (χ4n) is 1.66. The molecule has 1 atom stereocenters. The number of hydrogen-bond acceptors (Lipinski definition) is 4. The zero-order chi connectivity index (χ0) is 14.4. The van der Waals surface area contributed by atoms with Crippen LogP contribution in [0.2, 0.25) is 0 Å². The minimum Gasteiger partial charge on any atom is -0.376 e. The number of hydrogen-bond donors (Lipinski definition) is 0. The minimum absolute atomic E-state index is 0.0879. The van der Waals surface area contributed by atoms with Crippen molar-refractivity contribution in [1.82, 2.24) is 15.0 Å². The fraction of sp³-hybridized carbons (Fsp3) is 0.857. The van der Waals surface area contributed by atoms with Crippen LogP contribution in [0.15, 0.2) is 12.4 Å². The molecule has 0 amide bonds. The van der Waals surface area contributed by atoms with Crippen LogP contribution in [0.25, 0.3) is 0 Å². The molecule has 0 fully saturated rings. The summed E-state index contributed by atoms with van der Waals surface area (Å²) in [5.41, 5.74) is -0.221. The molecule has 0 aliphatic carbocycles. The van der Waals surface area contributed by atoms with Gasteiger partial charge in [-0.2, -0.15) is 0 Å². The summed E-state index contributed by atoms with van der Waals surface area (Å²) in [6.07, 6.45) is 5.39. The Morgan fingerprint density at radius 1 is 1.11 bits per heavy atom. The Kier molecular flexibility index (Phi) is 5.94. The van der Waals surface area contributed by atoms with Gasteiger partial charge in [0.1, 0.15) is 0 Å². The van der Waals surface area contributed by atoms with Crippen molar-refractivity contribution in [2.75, 3.05) is 13.2 Å². The van der Waals surface area contributed by atoms with Crippen LogP contribution >= 0.6 is 0 Å². The maximum Gasteiger partial charge on any atom is 0.0692 e. The van der Waals surface area contributed by atoms with E-state index in [4.69, 9.17) is 9.47 Å². The van der Waals surface area contributed by atoms with E-state index in [2.05, 4.69) is 44.9 Å².